The maximum absolute atomic E-state index is 4.86. The summed E-state index contributed by atoms with van der Waals surface area (Å²) in [5.41, 5.74) is 0. The summed E-state index contributed by atoms with van der Waals surface area (Å²) in [5.74, 6) is 1.73. The highest BCUT2D eigenvalue weighted by Gasteiger charge is 2.22. The lowest BCUT2D eigenvalue weighted by Crippen LogP contribution is -2.46. The third-order valence-electron chi connectivity index (χ3n) is 5.67. The molecule has 146 valence electrons. The highest BCUT2D eigenvalue weighted by Crippen LogP contribution is 2.18. The van der Waals surface area contributed by atoms with E-state index in [1.54, 1.807) is 0 Å². The zero-order valence-electron chi connectivity index (χ0n) is 16.9. The second kappa shape index (κ2) is 11.7. The molecule has 0 bridgehead atoms. The van der Waals surface area contributed by atoms with Crippen molar-refractivity contribution in [3.63, 3.8) is 0 Å². The lowest BCUT2D eigenvalue weighted by atomic mass is 10.0. The zero-order valence-corrected chi connectivity index (χ0v) is 16.9. The first-order valence-electron chi connectivity index (χ1n) is 10.7. The first-order chi connectivity index (χ1) is 12.3. The van der Waals surface area contributed by atoms with E-state index in [-0.39, 0.29) is 0 Å². The van der Waals surface area contributed by atoms with Crippen molar-refractivity contribution >= 4 is 5.96 Å². The van der Waals surface area contributed by atoms with E-state index in [1.807, 2.05) is 0 Å². The quantitative estimate of drug-likeness (QED) is 0.495. The van der Waals surface area contributed by atoms with Crippen LogP contribution in [0, 0.1) is 5.92 Å². The van der Waals surface area contributed by atoms with E-state index in [0.717, 1.165) is 44.1 Å². The first-order valence-corrected chi connectivity index (χ1v) is 10.7. The number of guanidine groups is 1. The molecule has 2 N–H and O–H groups in total. The van der Waals surface area contributed by atoms with Gasteiger partial charge in [0.05, 0.1) is 0 Å². The van der Waals surface area contributed by atoms with E-state index >= 15 is 0 Å². The molecule has 25 heavy (non-hydrogen) atoms. The Morgan fingerprint density at radius 1 is 1.04 bits per heavy atom. The third kappa shape index (κ3) is 7.14. The van der Waals surface area contributed by atoms with Crippen LogP contribution >= 0.6 is 0 Å². The minimum absolute atomic E-state index is 0.730. The van der Waals surface area contributed by atoms with Crippen molar-refractivity contribution in [1.82, 2.24) is 20.4 Å². The molecule has 2 heterocycles. The van der Waals surface area contributed by atoms with Gasteiger partial charge < -0.3 is 15.5 Å². The normalized spacial score (nSPS) is 26.1. The average Bonchev–Trinajstić information content (AvgIpc) is 3.08. The predicted octanol–water partition coefficient (Wildman–Crippen LogP) is 2.54. The lowest BCUT2D eigenvalue weighted by Gasteiger charge is -2.35. The molecule has 0 amide bonds. The van der Waals surface area contributed by atoms with Crippen molar-refractivity contribution in [3.05, 3.63) is 0 Å². The van der Waals surface area contributed by atoms with Crippen molar-refractivity contribution in [1.29, 1.82) is 0 Å². The summed E-state index contributed by atoms with van der Waals surface area (Å²) in [6.07, 6.45) is 7.98. The van der Waals surface area contributed by atoms with Gasteiger partial charge in [0.25, 0.3) is 0 Å². The fourth-order valence-corrected chi connectivity index (χ4v) is 4.28. The Hall–Kier alpha value is -0.810. The Morgan fingerprint density at radius 3 is 2.68 bits per heavy atom. The lowest BCUT2D eigenvalue weighted by molar-refractivity contribution is 0.147. The van der Waals surface area contributed by atoms with Gasteiger partial charge in [0.15, 0.2) is 5.96 Å². The number of rotatable bonds is 9. The molecule has 2 aliphatic heterocycles. The van der Waals surface area contributed by atoms with E-state index in [9.17, 15) is 0 Å². The average molecular weight is 352 g/mol. The molecule has 0 radical (unpaired) electrons. The van der Waals surface area contributed by atoms with Gasteiger partial charge in [-0.05, 0) is 64.6 Å². The topological polar surface area (TPSA) is 42.9 Å². The van der Waals surface area contributed by atoms with Crippen LogP contribution in [0.3, 0.4) is 0 Å². The predicted molar refractivity (Wildman–Crippen MR) is 108 cm³/mol. The van der Waals surface area contributed by atoms with Crippen LogP contribution in [0.4, 0.5) is 0 Å². The van der Waals surface area contributed by atoms with E-state index in [4.69, 9.17) is 4.99 Å². The Kier molecular flexibility index (Phi) is 9.63. The minimum Gasteiger partial charge on any atom is -0.357 e. The Bertz CT molecular complexity index is 384. The smallest absolute Gasteiger partial charge is 0.191 e. The number of likely N-dealkylation sites (tertiary alicyclic amines) is 2. The summed E-state index contributed by atoms with van der Waals surface area (Å²) in [6, 6.07) is 0.790. The Balaban J connectivity index is 1.72. The van der Waals surface area contributed by atoms with E-state index in [2.05, 4.69) is 41.2 Å². The summed E-state index contributed by atoms with van der Waals surface area (Å²) in [6.45, 7) is 15.7. The first kappa shape index (κ1) is 20.5. The largest absolute Gasteiger partial charge is 0.357 e. The van der Waals surface area contributed by atoms with Crippen molar-refractivity contribution in [2.45, 2.75) is 65.3 Å². The van der Waals surface area contributed by atoms with Crippen LogP contribution in [0.25, 0.3) is 0 Å². The van der Waals surface area contributed by atoms with Crippen LogP contribution in [-0.4, -0.2) is 74.2 Å². The van der Waals surface area contributed by atoms with Gasteiger partial charge in [-0.15, -0.1) is 0 Å². The maximum Gasteiger partial charge on any atom is 0.191 e. The molecule has 0 aliphatic carbocycles. The Morgan fingerprint density at radius 2 is 1.92 bits per heavy atom. The molecule has 0 aromatic heterocycles. The molecule has 5 heteroatoms. The Labute approximate surface area is 155 Å². The van der Waals surface area contributed by atoms with Crippen LogP contribution in [0.5, 0.6) is 0 Å². The number of nitrogens with one attached hydrogen (secondary N) is 2. The van der Waals surface area contributed by atoms with Crippen LogP contribution < -0.4 is 10.6 Å². The molecule has 0 saturated carbocycles. The molecule has 2 rings (SSSR count). The summed E-state index contributed by atoms with van der Waals surface area (Å²) >= 11 is 0. The summed E-state index contributed by atoms with van der Waals surface area (Å²) in [5, 5.41) is 6.97. The summed E-state index contributed by atoms with van der Waals surface area (Å²) in [7, 11) is 0. The number of aliphatic imine (C=N–C) groups is 1. The maximum atomic E-state index is 4.86. The van der Waals surface area contributed by atoms with E-state index in [0.29, 0.717) is 0 Å². The van der Waals surface area contributed by atoms with Crippen molar-refractivity contribution in [3.8, 4) is 0 Å². The molecule has 2 fully saturated rings. The van der Waals surface area contributed by atoms with Gasteiger partial charge in [0.2, 0.25) is 0 Å². The molecule has 5 nitrogen and oxygen atoms in total. The van der Waals surface area contributed by atoms with Gasteiger partial charge in [-0.25, -0.2) is 0 Å². The molecule has 0 spiro atoms. The zero-order chi connectivity index (χ0) is 17.9. The van der Waals surface area contributed by atoms with Crippen molar-refractivity contribution in [2.24, 2.45) is 10.9 Å². The van der Waals surface area contributed by atoms with Gasteiger partial charge in [-0.1, -0.05) is 20.3 Å². The fraction of sp³-hybridized carbons (Fsp3) is 0.950. The summed E-state index contributed by atoms with van der Waals surface area (Å²) < 4.78 is 0. The minimum atomic E-state index is 0.730. The molecule has 2 saturated heterocycles. The molecule has 2 atom stereocenters. The monoisotopic (exact) mass is 351 g/mol. The van der Waals surface area contributed by atoms with E-state index in [1.165, 1.54) is 64.7 Å². The van der Waals surface area contributed by atoms with Crippen LogP contribution in [0.2, 0.25) is 0 Å². The molecule has 0 aromatic rings. The van der Waals surface area contributed by atoms with Gasteiger partial charge in [-0.3, -0.25) is 9.89 Å². The number of piperidine rings is 1. The van der Waals surface area contributed by atoms with Crippen molar-refractivity contribution in [2.75, 3.05) is 52.4 Å². The fourth-order valence-electron chi connectivity index (χ4n) is 4.28. The van der Waals surface area contributed by atoms with Crippen LogP contribution in [-0.2, 0) is 0 Å². The van der Waals surface area contributed by atoms with E-state index < -0.39 is 0 Å². The second-order valence-corrected chi connectivity index (χ2v) is 7.70. The number of hydrogen-bond acceptors (Lipinski definition) is 3. The second-order valence-electron chi connectivity index (χ2n) is 7.70. The molecular weight excluding hydrogens is 310 g/mol. The molecular formula is C20H41N5. The third-order valence-corrected chi connectivity index (χ3v) is 5.67. The molecule has 2 unspecified atom stereocenters. The summed E-state index contributed by atoms with van der Waals surface area (Å²) in [4.78, 5) is 10.1. The molecule has 0 aromatic carbocycles. The van der Waals surface area contributed by atoms with Gasteiger partial charge >= 0.3 is 0 Å². The van der Waals surface area contributed by atoms with Crippen LogP contribution in [0.15, 0.2) is 4.99 Å². The van der Waals surface area contributed by atoms with Crippen LogP contribution in [0.1, 0.15) is 59.3 Å². The van der Waals surface area contributed by atoms with Gasteiger partial charge in [0.1, 0.15) is 0 Å². The van der Waals surface area contributed by atoms with Gasteiger partial charge in [0, 0.05) is 38.8 Å². The standard InChI is InChI=1S/C20H41N5/c1-4-12-24-14-10-18(17-24)16-23-20(21-6-3)22-11-15-25-13-8-7-9-19(25)5-2/h18-19H,4-17H2,1-3H3,(H2,21,22,23). The SMILES string of the molecule is CCCN1CCC(CN=C(NCC)NCCN2CCCCC2CC)C1. The number of hydrogen-bond donors (Lipinski definition) is 2. The van der Waals surface area contributed by atoms with Gasteiger partial charge in [-0.2, -0.15) is 0 Å². The van der Waals surface area contributed by atoms with Crippen molar-refractivity contribution < 1.29 is 0 Å². The number of nitrogens with zero attached hydrogens (tertiary/aromatic N) is 3. The highest BCUT2D eigenvalue weighted by molar-refractivity contribution is 5.79. The highest BCUT2D eigenvalue weighted by atomic mass is 15.2. The molecule has 2 aliphatic rings.